The van der Waals surface area contributed by atoms with Crippen molar-refractivity contribution in [1.29, 1.82) is 0 Å². The van der Waals surface area contributed by atoms with Crippen LogP contribution in [0.15, 0.2) is 34.2 Å². The summed E-state index contributed by atoms with van der Waals surface area (Å²) < 4.78 is 31.2. The number of hydrogen-bond acceptors (Lipinski definition) is 6. The number of primary amides is 1. The fraction of sp³-hybridized carbons (Fsp3) is 0.357. The second kappa shape index (κ2) is 6.37. The van der Waals surface area contributed by atoms with Crippen LogP contribution in [0.1, 0.15) is 19.4 Å². The highest BCUT2D eigenvalue weighted by atomic mass is 32.2. The highest BCUT2D eigenvalue weighted by Gasteiger charge is 2.33. The van der Waals surface area contributed by atoms with Gasteiger partial charge in [-0.2, -0.15) is 0 Å². The molecule has 1 aromatic carbocycles. The molecule has 1 aromatic rings. The molecule has 2 rings (SSSR count). The maximum Gasteiger partial charge on any atom is 0.331 e. The number of nitrogens with two attached hydrogens (primary N) is 1. The number of aliphatic imine (C=N–C) groups is 1. The van der Waals surface area contributed by atoms with Crippen LogP contribution < -0.4 is 10.5 Å². The lowest BCUT2D eigenvalue weighted by Gasteiger charge is -2.15. The molecule has 0 unspecified atom stereocenters. The van der Waals surface area contributed by atoms with Gasteiger partial charge in [0.1, 0.15) is 5.84 Å². The van der Waals surface area contributed by atoms with Crippen LogP contribution in [0.3, 0.4) is 0 Å². The van der Waals surface area contributed by atoms with E-state index in [2.05, 4.69) is 9.71 Å². The molecule has 0 fully saturated rings. The Morgan fingerprint density at radius 1 is 1.30 bits per heavy atom. The molecule has 0 saturated heterocycles. The van der Waals surface area contributed by atoms with E-state index in [0.717, 1.165) is 0 Å². The first-order valence-electron chi connectivity index (χ1n) is 6.87. The minimum atomic E-state index is -3.68. The summed E-state index contributed by atoms with van der Waals surface area (Å²) in [6.45, 7) is 2.92. The number of sulfonamides is 1. The van der Waals surface area contributed by atoms with Crippen molar-refractivity contribution in [1.82, 2.24) is 4.72 Å². The predicted octanol–water partition coefficient (Wildman–Crippen LogP) is -0.222. The number of amidine groups is 1. The van der Waals surface area contributed by atoms with Crippen LogP contribution in [0.2, 0.25) is 0 Å². The van der Waals surface area contributed by atoms with Crippen molar-refractivity contribution in [3.05, 3.63) is 29.8 Å². The van der Waals surface area contributed by atoms with Gasteiger partial charge in [-0.1, -0.05) is 26.0 Å². The lowest BCUT2D eigenvalue weighted by molar-refractivity contribution is -0.149. The quantitative estimate of drug-likeness (QED) is 0.717. The largest absolute Gasteiger partial charge is 0.454 e. The van der Waals surface area contributed by atoms with Crippen molar-refractivity contribution in [2.24, 2.45) is 16.6 Å². The molecule has 0 bridgehead atoms. The van der Waals surface area contributed by atoms with Gasteiger partial charge in [0.05, 0.1) is 4.90 Å². The fourth-order valence-corrected chi connectivity index (χ4v) is 3.31. The van der Waals surface area contributed by atoms with E-state index < -0.39 is 34.5 Å². The third-order valence-corrected chi connectivity index (χ3v) is 4.56. The van der Waals surface area contributed by atoms with Gasteiger partial charge in [0, 0.05) is 5.56 Å². The molecular formula is C14H17N3O5S. The van der Waals surface area contributed by atoms with E-state index in [0.29, 0.717) is 5.56 Å². The molecular weight excluding hydrogens is 322 g/mol. The van der Waals surface area contributed by atoms with E-state index in [9.17, 15) is 18.0 Å². The zero-order valence-corrected chi connectivity index (χ0v) is 13.5. The first-order valence-corrected chi connectivity index (χ1v) is 8.35. The average Bonchev–Trinajstić information content (AvgIpc) is 2.73. The Kier molecular flexibility index (Phi) is 4.69. The molecule has 0 radical (unpaired) electrons. The smallest absolute Gasteiger partial charge is 0.331 e. The van der Waals surface area contributed by atoms with Gasteiger partial charge in [0.25, 0.3) is 15.9 Å². The van der Waals surface area contributed by atoms with E-state index in [1.807, 2.05) is 0 Å². The fourth-order valence-electron chi connectivity index (χ4n) is 2.07. The molecule has 124 valence electrons. The molecule has 1 atom stereocenters. The average molecular weight is 339 g/mol. The number of ether oxygens (including phenoxy) is 1. The van der Waals surface area contributed by atoms with Crippen LogP contribution in [-0.2, 0) is 24.3 Å². The standard InChI is InChI=1S/C14H17N3O5S/c1-8(2)12(14(19)22-7-11(15)18)16-13-9-5-3-4-6-10(9)23(20,21)17-13/h3-6,8,12H,7H2,1-2H3,(H2,15,18)(H,16,17)/t12-/m0/s1. The summed E-state index contributed by atoms with van der Waals surface area (Å²) in [4.78, 5) is 27.0. The van der Waals surface area contributed by atoms with E-state index in [4.69, 9.17) is 10.5 Å². The number of carbonyl (C=O) groups excluding carboxylic acids is 2. The highest BCUT2D eigenvalue weighted by Crippen LogP contribution is 2.23. The number of esters is 1. The Morgan fingerprint density at radius 3 is 2.57 bits per heavy atom. The predicted molar refractivity (Wildman–Crippen MR) is 82.1 cm³/mol. The van der Waals surface area contributed by atoms with Gasteiger partial charge in [0.2, 0.25) is 0 Å². The minimum absolute atomic E-state index is 0.0790. The molecule has 23 heavy (non-hydrogen) atoms. The number of nitrogens with zero attached hydrogens (tertiary/aromatic N) is 1. The highest BCUT2D eigenvalue weighted by molar-refractivity contribution is 7.90. The van der Waals surface area contributed by atoms with Gasteiger partial charge in [-0.05, 0) is 18.1 Å². The molecule has 8 nitrogen and oxygen atoms in total. The normalized spacial score (nSPS) is 18.3. The van der Waals surface area contributed by atoms with Crippen molar-refractivity contribution in [2.45, 2.75) is 24.8 Å². The summed E-state index contributed by atoms with van der Waals surface area (Å²) in [5.41, 5.74) is 5.33. The number of carbonyl (C=O) groups is 2. The zero-order valence-electron chi connectivity index (χ0n) is 12.6. The third kappa shape index (κ3) is 3.67. The summed E-state index contributed by atoms with van der Waals surface area (Å²) in [5.74, 6) is -1.70. The van der Waals surface area contributed by atoms with Crippen molar-refractivity contribution < 1.29 is 22.7 Å². The molecule has 0 aliphatic carbocycles. The van der Waals surface area contributed by atoms with Crippen molar-refractivity contribution in [3.63, 3.8) is 0 Å². The number of fused-ring (bicyclic) bond motifs is 1. The number of rotatable bonds is 5. The van der Waals surface area contributed by atoms with Crippen molar-refractivity contribution in [2.75, 3.05) is 6.61 Å². The van der Waals surface area contributed by atoms with Crippen molar-refractivity contribution in [3.8, 4) is 0 Å². The Balaban J connectivity index is 2.35. The first-order chi connectivity index (χ1) is 10.7. The minimum Gasteiger partial charge on any atom is -0.454 e. The van der Waals surface area contributed by atoms with Crippen LogP contribution in [0.5, 0.6) is 0 Å². The third-order valence-electron chi connectivity index (χ3n) is 3.16. The van der Waals surface area contributed by atoms with Gasteiger partial charge in [-0.25, -0.2) is 13.2 Å². The van der Waals surface area contributed by atoms with Crippen LogP contribution in [0.25, 0.3) is 0 Å². The summed E-state index contributed by atoms with van der Waals surface area (Å²) in [5, 5.41) is 0. The monoisotopic (exact) mass is 339 g/mol. The molecule has 1 heterocycles. The second-order valence-corrected chi connectivity index (χ2v) is 6.99. The summed E-state index contributed by atoms with van der Waals surface area (Å²) in [6, 6.07) is 5.36. The number of hydrogen-bond donors (Lipinski definition) is 2. The molecule has 9 heteroatoms. The van der Waals surface area contributed by atoms with E-state index in [1.165, 1.54) is 6.07 Å². The molecule has 0 spiro atoms. The van der Waals surface area contributed by atoms with Crippen molar-refractivity contribution >= 4 is 27.7 Å². The van der Waals surface area contributed by atoms with E-state index in [-0.39, 0.29) is 16.6 Å². The Labute approximate surface area is 133 Å². The Hall–Kier alpha value is -2.42. The van der Waals surface area contributed by atoms with Crippen LogP contribution >= 0.6 is 0 Å². The lowest BCUT2D eigenvalue weighted by Crippen LogP contribution is -2.33. The summed E-state index contributed by atoms with van der Waals surface area (Å²) in [6.07, 6.45) is 0. The molecule has 1 amide bonds. The summed E-state index contributed by atoms with van der Waals surface area (Å²) >= 11 is 0. The van der Waals surface area contributed by atoms with Gasteiger partial charge >= 0.3 is 5.97 Å². The van der Waals surface area contributed by atoms with Crippen LogP contribution in [0.4, 0.5) is 0 Å². The maximum absolute atomic E-state index is 12.0. The lowest BCUT2D eigenvalue weighted by atomic mass is 10.1. The van der Waals surface area contributed by atoms with E-state index in [1.54, 1.807) is 32.0 Å². The number of amides is 1. The van der Waals surface area contributed by atoms with E-state index >= 15 is 0 Å². The zero-order chi connectivity index (χ0) is 17.2. The number of nitrogens with one attached hydrogen (secondary N) is 1. The Morgan fingerprint density at radius 2 is 1.96 bits per heavy atom. The molecule has 1 aliphatic heterocycles. The maximum atomic E-state index is 12.0. The first kappa shape index (κ1) is 16.9. The van der Waals surface area contributed by atoms with Crippen LogP contribution in [0, 0.1) is 5.92 Å². The molecule has 0 aromatic heterocycles. The summed E-state index contributed by atoms with van der Waals surface area (Å²) in [7, 11) is -3.68. The topological polar surface area (TPSA) is 128 Å². The SMILES string of the molecule is CC(C)[C@H](N=C1NS(=O)(=O)c2ccccc21)C(=O)OCC(N)=O. The molecule has 3 N–H and O–H groups in total. The van der Waals surface area contributed by atoms with Gasteiger partial charge < -0.3 is 10.5 Å². The molecule has 0 saturated carbocycles. The Bertz CT molecular complexity index is 770. The van der Waals surface area contributed by atoms with Gasteiger partial charge in [0.15, 0.2) is 12.6 Å². The number of benzene rings is 1. The van der Waals surface area contributed by atoms with Crippen LogP contribution in [-0.4, -0.2) is 38.8 Å². The molecule has 1 aliphatic rings. The van der Waals surface area contributed by atoms with Gasteiger partial charge in [-0.15, -0.1) is 0 Å². The van der Waals surface area contributed by atoms with Gasteiger partial charge in [-0.3, -0.25) is 14.5 Å². The second-order valence-electron chi connectivity index (χ2n) is 5.34.